The zero-order valence-electron chi connectivity index (χ0n) is 8.46. The summed E-state index contributed by atoms with van der Waals surface area (Å²) in [4.78, 5) is 0. The van der Waals surface area contributed by atoms with Crippen molar-refractivity contribution >= 4 is 42.2 Å². The second kappa shape index (κ2) is 8.86. The fraction of sp³-hybridized carbons (Fsp3) is 0.750. The van der Waals surface area contributed by atoms with Crippen LogP contribution in [0.1, 0.15) is 0 Å². The summed E-state index contributed by atoms with van der Waals surface area (Å²) >= 11 is 17.0. The second-order valence-electron chi connectivity index (χ2n) is 2.80. The smallest absolute Gasteiger partial charge is 0.228 e. The van der Waals surface area contributed by atoms with E-state index in [9.17, 15) is 4.57 Å². The molecule has 7 heteroatoms. The van der Waals surface area contributed by atoms with Gasteiger partial charge in [-0.15, -0.1) is 41.4 Å². The van der Waals surface area contributed by atoms with Gasteiger partial charge in [0.25, 0.3) is 0 Å². The molecule has 0 saturated heterocycles. The van der Waals surface area contributed by atoms with Crippen LogP contribution in [0.15, 0.2) is 12.7 Å². The van der Waals surface area contributed by atoms with E-state index in [1.54, 1.807) is 10.7 Å². The molecule has 0 aliphatic carbocycles. The molecule has 0 aromatic carbocycles. The van der Waals surface area contributed by atoms with Crippen LogP contribution in [0.25, 0.3) is 0 Å². The van der Waals surface area contributed by atoms with Crippen LogP contribution in [0.2, 0.25) is 0 Å². The van der Waals surface area contributed by atoms with Crippen molar-refractivity contribution < 1.29 is 4.57 Å². The van der Waals surface area contributed by atoms with Crippen molar-refractivity contribution in [1.29, 1.82) is 0 Å². The Labute approximate surface area is 106 Å². The standard InChI is InChI=1S/C8H16Cl3N2OP/c1-2-5-12-15(14,8-11)13(6-3-9)7-4-10/h2H,1,3-8H2,(H,12,14)/t15-/m0/s1. The van der Waals surface area contributed by atoms with Crippen LogP contribution in [0.5, 0.6) is 0 Å². The summed E-state index contributed by atoms with van der Waals surface area (Å²) in [5.74, 6) is 0.793. The van der Waals surface area contributed by atoms with Gasteiger partial charge >= 0.3 is 0 Å². The van der Waals surface area contributed by atoms with E-state index in [2.05, 4.69) is 11.7 Å². The van der Waals surface area contributed by atoms with E-state index in [4.69, 9.17) is 34.8 Å². The molecule has 0 radical (unpaired) electrons. The fourth-order valence-corrected chi connectivity index (χ4v) is 4.10. The lowest BCUT2D eigenvalue weighted by atomic mass is 10.6. The van der Waals surface area contributed by atoms with Gasteiger partial charge < -0.3 is 0 Å². The highest BCUT2D eigenvalue weighted by molar-refractivity contribution is 7.61. The van der Waals surface area contributed by atoms with Gasteiger partial charge in [-0.05, 0) is 0 Å². The van der Waals surface area contributed by atoms with Crippen LogP contribution < -0.4 is 5.09 Å². The number of rotatable bonds is 9. The van der Waals surface area contributed by atoms with E-state index in [0.717, 1.165) is 0 Å². The molecule has 0 aromatic rings. The molecule has 15 heavy (non-hydrogen) atoms. The summed E-state index contributed by atoms with van der Waals surface area (Å²) in [7, 11) is -2.75. The van der Waals surface area contributed by atoms with Crippen molar-refractivity contribution in [2.75, 3.05) is 37.0 Å². The van der Waals surface area contributed by atoms with Crippen molar-refractivity contribution in [3.05, 3.63) is 12.7 Å². The van der Waals surface area contributed by atoms with E-state index in [1.807, 2.05) is 0 Å². The van der Waals surface area contributed by atoms with E-state index in [-0.39, 0.29) is 5.62 Å². The molecule has 90 valence electrons. The van der Waals surface area contributed by atoms with Gasteiger partial charge in [-0.2, -0.15) is 0 Å². The highest BCUT2D eigenvalue weighted by Gasteiger charge is 2.27. The Hall–Kier alpha value is 0.760. The second-order valence-corrected chi connectivity index (χ2v) is 6.80. The molecular formula is C8H16Cl3N2OP. The first-order valence-corrected chi connectivity index (χ1v) is 7.98. The minimum Gasteiger partial charge on any atom is -0.288 e. The lowest BCUT2D eigenvalue weighted by Gasteiger charge is -2.29. The molecule has 0 unspecified atom stereocenters. The zero-order chi connectivity index (χ0) is 11.7. The Morgan fingerprint density at radius 2 is 1.80 bits per heavy atom. The van der Waals surface area contributed by atoms with Crippen molar-refractivity contribution in [2.24, 2.45) is 0 Å². The van der Waals surface area contributed by atoms with Crippen LogP contribution in [0, 0.1) is 0 Å². The number of nitrogens with zero attached hydrogens (tertiary/aromatic N) is 1. The maximum atomic E-state index is 12.3. The summed E-state index contributed by atoms with van der Waals surface area (Å²) in [6, 6.07) is 0. The summed E-state index contributed by atoms with van der Waals surface area (Å²) < 4.78 is 14.1. The average molecular weight is 294 g/mol. The molecule has 0 bridgehead atoms. The minimum atomic E-state index is -2.75. The lowest BCUT2D eigenvalue weighted by molar-refractivity contribution is 0.440. The van der Waals surface area contributed by atoms with Crippen LogP contribution in [-0.2, 0) is 4.57 Å². The Balaban J connectivity index is 4.52. The van der Waals surface area contributed by atoms with Crippen LogP contribution in [0.3, 0.4) is 0 Å². The average Bonchev–Trinajstić information content (AvgIpc) is 2.25. The molecule has 0 heterocycles. The van der Waals surface area contributed by atoms with Gasteiger partial charge in [-0.3, -0.25) is 9.65 Å². The van der Waals surface area contributed by atoms with Gasteiger partial charge in [0.2, 0.25) is 7.44 Å². The molecule has 0 aliphatic rings. The third kappa shape index (κ3) is 5.58. The molecule has 0 aromatic heterocycles. The highest BCUT2D eigenvalue weighted by atomic mass is 35.5. The van der Waals surface area contributed by atoms with Gasteiger partial charge in [0, 0.05) is 31.4 Å². The number of hydrogen-bond donors (Lipinski definition) is 1. The molecule has 3 nitrogen and oxygen atoms in total. The van der Waals surface area contributed by atoms with E-state index in [0.29, 0.717) is 31.4 Å². The molecule has 0 spiro atoms. The van der Waals surface area contributed by atoms with Gasteiger partial charge in [-0.25, -0.2) is 4.67 Å². The first-order valence-electron chi connectivity index (χ1n) is 4.53. The van der Waals surface area contributed by atoms with E-state index >= 15 is 0 Å². The minimum absolute atomic E-state index is 0.0363. The Kier molecular flexibility index (Phi) is 9.31. The first-order chi connectivity index (χ1) is 7.14. The fourth-order valence-electron chi connectivity index (χ4n) is 1.06. The molecule has 1 atom stereocenters. The Morgan fingerprint density at radius 3 is 2.13 bits per heavy atom. The van der Waals surface area contributed by atoms with Crippen LogP contribution in [-0.4, -0.2) is 41.7 Å². The van der Waals surface area contributed by atoms with Gasteiger partial charge in [-0.1, -0.05) is 6.08 Å². The molecule has 0 fully saturated rings. The van der Waals surface area contributed by atoms with Crippen LogP contribution >= 0.6 is 42.2 Å². The maximum Gasteiger partial charge on any atom is 0.228 e. The van der Waals surface area contributed by atoms with Crippen molar-refractivity contribution in [3.8, 4) is 0 Å². The molecular weight excluding hydrogens is 277 g/mol. The zero-order valence-corrected chi connectivity index (χ0v) is 11.6. The van der Waals surface area contributed by atoms with Crippen molar-refractivity contribution in [3.63, 3.8) is 0 Å². The monoisotopic (exact) mass is 292 g/mol. The quantitative estimate of drug-likeness (QED) is 0.403. The van der Waals surface area contributed by atoms with Crippen molar-refractivity contribution in [1.82, 2.24) is 9.76 Å². The van der Waals surface area contributed by atoms with Crippen molar-refractivity contribution in [2.45, 2.75) is 0 Å². The first kappa shape index (κ1) is 15.8. The third-order valence-electron chi connectivity index (χ3n) is 1.79. The Morgan fingerprint density at radius 1 is 1.27 bits per heavy atom. The Bertz CT molecular complexity index is 222. The summed E-state index contributed by atoms with van der Waals surface area (Å²) in [5, 5.41) is 2.88. The predicted octanol–water partition coefficient (Wildman–Crippen LogP) is 2.93. The largest absolute Gasteiger partial charge is 0.288 e. The molecule has 0 rings (SSSR count). The molecule has 0 saturated carbocycles. The van der Waals surface area contributed by atoms with Crippen LogP contribution in [0.4, 0.5) is 0 Å². The number of halogens is 3. The maximum absolute atomic E-state index is 12.3. The molecule has 0 aliphatic heterocycles. The molecule has 0 amide bonds. The highest BCUT2D eigenvalue weighted by Crippen LogP contribution is 2.45. The summed E-state index contributed by atoms with van der Waals surface area (Å²) in [5.41, 5.74) is 0.0363. The summed E-state index contributed by atoms with van der Waals surface area (Å²) in [6.07, 6.45) is 1.64. The topological polar surface area (TPSA) is 32.3 Å². The van der Waals surface area contributed by atoms with E-state index < -0.39 is 7.44 Å². The number of alkyl halides is 3. The number of nitrogens with one attached hydrogen (secondary N) is 1. The molecule has 1 N–H and O–H groups in total. The SMILES string of the molecule is C=CCN[P@@](=O)(CCl)N(CCCl)CCCl. The summed E-state index contributed by atoms with van der Waals surface area (Å²) in [6.45, 7) is 5.01. The third-order valence-corrected chi connectivity index (χ3v) is 5.41. The lowest BCUT2D eigenvalue weighted by Crippen LogP contribution is -2.32. The van der Waals surface area contributed by atoms with Gasteiger partial charge in [0.1, 0.15) is 5.62 Å². The van der Waals surface area contributed by atoms with E-state index in [1.165, 1.54) is 0 Å². The predicted molar refractivity (Wildman–Crippen MR) is 69.5 cm³/mol. The normalized spacial score (nSPS) is 15.2. The van der Waals surface area contributed by atoms with Gasteiger partial charge in [0.15, 0.2) is 0 Å². The van der Waals surface area contributed by atoms with Gasteiger partial charge in [0.05, 0.1) is 0 Å². The number of hydrogen-bond acceptors (Lipinski definition) is 1.